The van der Waals surface area contributed by atoms with Gasteiger partial charge in [0.2, 0.25) is 0 Å². The molecule has 0 bridgehead atoms. The van der Waals surface area contributed by atoms with E-state index < -0.39 is 0 Å². The molecule has 3 rings (SSSR count). The van der Waals surface area contributed by atoms with Gasteiger partial charge in [-0.2, -0.15) is 0 Å². The molecule has 3 aliphatic rings. The molecule has 0 N–H and O–H groups in total. The van der Waals surface area contributed by atoms with Gasteiger partial charge in [0.25, 0.3) is 0 Å². The number of allylic oxidation sites excluding steroid dienone is 2. The normalized spacial score (nSPS) is 49.1. The third-order valence-corrected chi connectivity index (χ3v) is 5.39. The summed E-state index contributed by atoms with van der Waals surface area (Å²) < 4.78 is 0. The summed E-state index contributed by atoms with van der Waals surface area (Å²) in [6, 6.07) is 0. The molecule has 0 radical (unpaired) electrons. The van der Waals surface area contributed by atoms with E-state index in [1.54, 1.807) is 0 Å². The van der Waals surface area contributed by atoms with Gasteiger partial charge in [0, 0.05) is 5.92 Å². The molecule has 0 aliphatic heterocycles. The van der Waals surface area contributed by atoms with Crippen molar-refractivity contribution >= 4 is 5.78 Å². The van der Waals surface area contributed by atoms with Crippen LogP contribution in [0.5, 0.6) is 0 Å². The monoisotopic (exact) mass is 218 g/mol. The SMILES string of the molecule is CC1C(=O)C=C2C1CC(C)(C)CC1CC21C. The fourth-order valence-corrected chi connectivity index (χ4v) is 4.18. The lowest BCUT2D eigenvalue weighted by Crippen LogP contribution is -2.22. The van der Waals surface area contributed by atoms with Crippen molar-refractivity contribution in [1.29, 1.82) is 0 Å². The predicted octanol–water partition coefficient (Wildman–Crippen LogP) is 3.59. The number of hydrogen-bond acceptors (Lipinski definition) is 1. The summed E-state index contributed by atoms with van der Waals surface area (Å²) >= 11 is 0. The highest BCUT2D eigenvalue weighted by Crippen LogP contribution is 2.68. The summed E-state index contributed by atoms with van der Waals surface area (Å²) in [7, 11) is 0. The minimum atomic E-state index is 0.241. The Bertz CT molecular complexity index is 390. The Morgan fingerprint density at radius 1 is 1.19 bits per heavy atom. The van der Waals surface area contributed by atoms with Gasteiger partial charge in [-0.25, -0.2) is 0 Å². The first kappa shape index (κ1) is 10.6. The molecule has 0 amide bonds. The van der Waals surface area contributed by atoms with Crippen LogP contribution in [0.4, 0.5) is 0 Å². The first-order valence-electron chi connectivity index (χ1n) is 6.59. The van der Waals surface area contributed by atoms with E-state index in [1.807, 2.05) is 6.08 Å². The van der Waals surface area contributed by atoms with Crippen molar-refractivity contribution in [1.82, 2.24) is 0 Å². The Kier molecular flexibility index (Phi) is 1.85. The zero-order valence-electron chi connectivity index (χ0n) is 10.8. The van der Waals surface area contributed by atoms with Crippen LogP contribution in [0.1, 0.15) is 47.0 Å². The summed E-state index contributed by atoms with van der Waals surface area (Å²) in [5.74, 6) is 2.01. The average molecular weight is 218 g/mol. The molecule has 3 aliphatic carbocycles. The molecule has 2 saturated carbocycles. The van der Waals surface area contributed by atoms with Crippen LogP contribution in [0, 0.1) is 28.6 Å². The zero-order chi connectivity index (χ0) is 11.7. The van der Waals surface area contributed by atoms with Crippen molar-refractivity contribution in [3.8, 4) is 0 Å². The van der Waals surface area contributed by atoms with Crippen molar-refractivity contribution in [3.05, 3.63) is 11.6 Å². The quantitative estimate of drug-likeness (QED) is 0.607. The van der Waals surface area contributed by atoms with Gasteiger partial charge in [-0.3, -0.25) is 4.79 Å². The molecule has 1 nitrogen and oxygen atoms in total. The summed E-state index contributed by atoms with van der Waals surface area (Å²) in [5.41, 5.74) is 2.31. The molecule has 4 atom stereocenters. The number of fused-ring (bicyclic) bond motifs is 3. The molecule has 16 heavy (non-hydrogen) atoms. The smallest absolute Gasteiger partial charge is 0.159 e. The van der Waals surface area contributed by atoms with E-state index in [0.717, 1.165) is 5.92 Å². The van der Waals surface area contributed by atoms with E-state index in [9.17, 15) is 4.79 Å². The molecule has 0 aromatic heterocycles. The molecule has 2 fully saturated rings. The van der Waals surface area contributed by atoms with Gasteiger partial charge in [-0.05, 0) is 48.0 Å². The van der Waals surface area contributed by atoms with E-state index in [0.29, 0.717) is 22.5 Å². The van der Waals surface area contributed by atoms with Crippen LogP contribution in [0.15, 0.2) is 11.6 Å². The molecule has 0 aromatic carbocycles. The topological polar surface area (TPSA) is 17.1 Å². The first-order chi connectivity index (χ1) is 7.33. The van der Waals surface area contributed by atoms with Crippen LogP contribution < -0.4 is 0 Å². The average Bonchev–Trinajstić information content (AvgIpc) is 2.72. The molecular weight excluding hydrogens is 196 g/mol. The fraction of sp³-hybridized carbons (Fsp3) is 0.800. The lowest BCUT2D eigenvalue weighted by molar-refractivity contribution is -0.118. The minimum Gasteiger partial charge on any atom is -0.295 e. The minimum absolute atomic E-state index is 0.241. The summed E-state index contributed by atoms with van der Waals surface area (Å²) in [6.45, 7) is 9.26. The van der Waals surface area contributed by atoms with Gasteiger partial charge in [0.05, 0.1) is 0 Å². The van der Waals surface area contributed by atoms with Gasteiger partial charge in [0.1, 0.15) is 0 Å². The Morgan fingerprint density at radius 2 is 1.88 bits per heavy atom. The lowest BCUT2D eigenvalue weighted by atomic mass is 9.75. The highest BCUT2D eigenvalue weighted by molar-refractivity contribution is 5.96. The van der Waals surface area contributed by atoms with Gasteiger partial charge in [-0.15, -0.1) is 0 Å². The van der Waals surface area contributed by atoms with Crippen LogP contribution >= 0.6 is 0 Å². The second kappa shape index (κ2) is 2.80. The summed E-state index contributed by atoms with van der Waals surface area (Å²) in [4.78, 5) is 11.9. The zero-order valence-corrected chi connectivity index (χ0v) is 10.8. The van der Waals surface area contributed by atoms with E-state index in [-0.39, 0.29) is 5.92 Å². The third kappa shape index (κ3) is 1.26. The largest absolute Gasteiger partial charge is 0.295 e. The molecule has 0 saturated heterocycles. The Balaban J connectivity index is 2.03. The van der Waals surface area contributed by atoms with Crippen LogP contribution in [0.3, 0.4) is 0 Å². The highest BCUT2D eigenvalue weighted by atomic mass is 16.1. The predicted molar refractivity (Wildman–Crippen MR) is 65.0 cm³/mol. The maximum atomic E-state index is 11.9. The molecule has 4 unspecified atom stereocenters. The Labute approximate surface area is 98.3 Å². The van der Waals surface area contributed by atoms with Crippen LogP contribution in [-0.4, -0.2) is 5.78 Å². The van der Waals surface area contributed by atoms with Gasteiger partial charge in [-0.1, -0.05) is 33.3 Å². The van der Waals surface area contributed by atoms with Crippen LogP contribution in [0.2, 0.25) is 0 Å². The van der Waals surface area contributed by atoms with Gasteiger partial charge < -0.3 is 0 Å². The van der Waals surface area contributed by atoms with Gasteiger partial charge >= 0.3 is 0 Å². The van der Waals surface area contributed by atoms with E-state index in [4.69, 9.17) is 0 Å². The lowest BCUT2D eigenvalue weighted by Gasteiger charge is -2.29. The number of carbonyl (C=O) groups is 1. The molecule has 0 aromatic rings. The second-order valence-electron chi connectivity index (χ2n) is 7.29. The van der Waals surface area contributed by atoms with Crippen molar-refractivity contribution in [2.75, 3.05) is 0 Å². The second-order valence-corrected chi connectivity index (χ2v) is 7.29. The van der Waals surface area contributed by atoms with Gasteiger partial charge in [0.15, 0.2) is 5.78 Å². The molecule has 88 valence electrons. The fourth-order valence-electron chi connectivity index (χ4n) is 4.18. The first-order valence-corrected chi connectivity index (χ1v) is 6.59. The number of carbonyl (C=O) groups excluding carboxylic acids is 1. The number of ketones is 1. The molecule has 0 spiro atoms. The van der Waals surface area contributed by atoms with Crippen molar-refractivity contribution in [2.24, 2.45) is 28.6 Å². The maximum Gasteiger partial charge on any atom is 0.159 e. The summed E-state index contributed by atoms with van der Waals surface area (Å²) in [5, 5.41) is 0. The summed E-state index contributed by atoms with van der Waals surface area (Å²) in [6.07, 6.45) is 5.87. The number of hydrogen-bond donors (Lipinski definition) is 0. The van der Waals surface area contributed by atoms with Crippen LogP contribution in [-0.2, 0) is 4.79 Å². The van der Waals surface area contributed by atoms with Crippen LogP contribution in [0.25, 0.3) is 0 Å². The molecule has 0 heterocycles. The van der Waals surface area contributed by atoms with Crippen molar-refractivity contribution in [3.63, 3.8) is 0 Å². The standard InChI is InChI=1S/C15H22O/c1-9-11-8-14(2,3)6-10-7-15(10,4)12(11)5-13(9)16/h5,9-11H,6-8H2,1-4H3. The Hall–Kier alpha value is -0.590. The molecule has 1 heteroatoms. The molecular formula is C15H22O. The maximum absolute atomic E-state index is 11.9. The number of rotatable bonds is 0. The highest BCUT2D eigenvalue weighted by Gasteiger charge is 2.60. The van der Waals surface area contributed by atoms with E-state index in [1.165, 1.54) is 24.8 Å². The van der Waals surface area contributed by atoms with Crippen molar-refractivity contribution in [2.45, 2.75) is 47.0 Å². The Morgan fingerprint density at radius 3 is 2.56 bits per heavy atom. The third-order valence-electron chi connectivity index (χ3n) is 5.39. The van der Waals surface area contributed by atoms with E-state index >= 15 is 0 Å². The van der Waals surface area contributed by atoms with E-state index in [2.05, 4.69) is 27.7 Å². The van der Waals surface area contributed by atoms with Crippen molar-refractivity contribution < 1.29 is 4.79 Å².